The van der Waals surface area contributed by atoms with Gasteiger partial charge in [-0.25, -0.2) is 19.6 Å². The number of rotatable bonds is 12. The van der Waals surface area contributed by atoms with E-state index in [9.17, 15) is 9.59 Å². The van der Waals surface area contributed by atoms with Gasteiger partial charge in [-0.2, -0.15) is 4.99 Å². The number of aromatic carboxylic acids is 2. The van der Waals surface area contributed by atoms with Gasteiger partial charge >= 0.3 is 11.9 Å². The van der Waals surface area contributed by atoms with Crippen LogP contribution in [0.5, 0.6) is 0 Å². The van der Waals surface area contributed by atoms with Crippen molar-refractivity contribution in [3.8, 4) is 0 Å². The number of carbonyl (C=O) groups is 2. The van der Waals surface area contributed by atoms with E-state index in [1.54, 1.807) is 24.3 Å². The van der Waals surface area contributed by atoms with Crippen LogP contribution in [0.15, 0.2) is 65.7 Å². The molecular formula is C24H23N5O4S. The fourth-order valence-corrected chi connectivity index (χ4v) is 3.38. The molecule has 1 aromatic carbocycles. The molecule has 3 rings (SSSR count). The number of pyridine rings is 2. The number of thiocarbonyl (C=S) groups is 1. The molecule has 0 fully saturated rings. The first-order chi connectivity index (χ1) is 16.4. The van der Waals surface area contributed by atoms with Crippen LogP contribution in [0.4, 0.5) is 5.69 Å². The summed E-state index contributed by atoms with van der Waals surface area (Å²) < 4.78 is 0. The smallest absolute Gasteiger partial charge is 0.354 e. The van der Waals surface area contributed by atoms with Gasteiger partial charge in [0.05, 0.1) is 22.2 Å². The van der Waals surface area contributed by atoms with E-state index in [1.807, 2.05) is 24.3 Å². The van der Waals surface area contributed by atoms with Crippen LogP contribution < -0.4 is 10.6 Å². The summed E-state index contributed by atoms with van der Waals surface area (Å²) in [4.78, 5) is 34.6. The largest absolute Gasteiger partial charge is 0.477 e. The highest BCUT2D eigenvalue weighted by atomic mass is 32.1. The maximum Gasteiger partial charge on any atom is 0.354 e. The van der Waals surface area contributed by atoms with Crippen LogP contribution in [0.1, 0.15) is 37.9 Å². The Morgan fingerprint density at radius 2 is 1.50 bits per heavy atom. The van der Waals surface area contributed by atoms with Crippen molar-refractivity contribution in [2.75, 3.05) is 6.54 Å². The van der Waals surface area contributed by atoms with Gasteiger partial charge in [0.15, 0.2) is 0 Å². The first-order valence-corrected chi connectivity index (χ1v) is 10.8. The number of nitrogens with one attached hydrogen (secondary N) is 2. The molecule has 9 nitrogen and oxygen atoms in total. The quantitative estimate of drug-likeness (QED) is 0.229. The topological polar surface area (TPSA) is 137 Å². The number of carboxylic acids is 2. The molecule has 2 aromatic heterocycles. The van der Waals surface area contributed by atoms with Crippen LogP contribution in [0.2, 0.25) is 0 Å². The Bertz CT molecular complexity index is 1200. The van der Waals surface area contributed by atoms with Gasteiger partial charge in [0.25, 0.3) is 0 Å². The van der Waals surface area contributed by atoms with E-state index in [0.717, 1.165) is 11.3 Å². The predicted octanol–water partition coefficient (Wildman–Crippen LogP) is 3.10. The van der Waals surface area contributed by atoms with Crippen LogP contribution in [0.25, 0.3) is 0 Å². The summed E-state index contributed by atoms with van der Waals surface area (Å²) in [6.07, 6.45) is 0.676. The molecule has 34 heavy (non-hydrogen) atoms. The van der Waals surface area contributed by atoms with Crippen molar-refractivity contribution in [1.29, 1.82) is 0 Å². The number of benzene rings is 1. The van der Waals surface area contributed by atoms with Crippen molar-refractivity contribution >= 4 is 35.0 Å². The monoisotopic (exact) mass is 477 g/mol. The molecule has 1 unspecified atom stereocenters. The van der Waals surface area contributed by atoms with Gasteiger partial charge in [-0.3, -0.25) is 0 Å². The molecule has 10 heteroatoms. The summed E-state index contributed by atoms with van der Waals surface area (Å²) in [5, 5.41) is 27.4. The van der Waals surface area contributed by atoms with Gasteiger partial charge in [-0.1, -0.05) is 24.3 Å². The summed E-state index contributed by atoms with van der Waals surface area (Å²) in [7, 11) is 0. The third-order valence-corrected chi connectivity index (χ3v) is 5.00. The van der Waals surface area contributed by atoms with Crippen LogP contribution >= 0.6 is 12.2 Å². The van der Waals surface area contributed by atoms with Crippen molar-refractivity contribution in [3.05, 3.63) is 89.0 Å². The molecule has 2 heterocycles. The second-order valence-electron chi connectivity index (χ2n) is 7.42. The average Bonchev–Trinajstić information content (AvgIpc) is 2.84. The molecule has 0 saturated carbocycles. The number of aliphatic imine (C=N–C) groups is 1. The molecule has 0 aliphatic heterocycles. The number of hydrogen-bond acceptors (Lipinski definition) is 8. The molecule has 3 aromatic rings. The number of carboxylic acid groups (broad SMARTS) is 2. The zero-order chi connectivity index (χ0) is 24.3. The number of isothiocyanates is 1. The highest BCUT2D eigenvalue weighted by Crippen LogP contribution is 2.14. The van der Waals surface area contributed by atoms with Gasteiger partial charge < -0.3 is 20.8 Å². The van der Waals surface area contributed by atoms with Gasteiger partial charge in [-0.05, 0) is 60.6 Å². The Morgan fingerprint density at radius 1 is 0.912 bits per heavy atom. The molecule has 0 aliphatic carbocycles. The molecular weight excluding hydrogens is 454 g/mol. The Hall–Kier alpha value is -3.82. The van der Waals surface area contributed by atoms with Gasteiger partial charge in [0, 0.05) is 25.7 Å². The summed E-state index contributed by atoms with van der Waals surface area (Å²) in [5.74, 6) is -2.14. The zero-order valence-corrected chi connectivity index (χ0v) is 19.0. The number of aromatic nitrogens is 2. The van der Waals surface area contributed by atoms with Crippen LogP contribution in [0, 0.1) is 0 Å². The normalized spacial score (nSPS) is 11.4. The molecule has 0 bridgehead atoms. The molecule has 0 saturated heterocycles. The van der Waals surface area contributed by atoms with Crippen molar-refractivity contribution in [2.24, 2.45) is 4.99 Å². The summed E-state index contributed by atoms with van der Waals surface area (Å²) >= 11 is 4.64. The van der Waals surface area contributed by atoms with E-state index in [4.69, 9.17) is 10.2 Å². The molecule has 1 atom stereocenters. The fourth-order valence-electron chi connectivity index (χ4n) is 3.28. The molecule has 0 spiro atoms. The van der Waals surface area contributed by atoms with E-state index in [1.165, 1.54) is 12.1 Å². The van der Waals surface area contributed by atoms with E-state index in [0.29, 0.717) is 37.4 Å². The van der Waals surface area contributed by atoms with Gasteiger partial charge in [-0.15, -0.1) is 0 Å². The zero-order valence-electron chi connectivity index (χ0n) is 18.1. The third-order valence-electron chi connectivity index (χ3n) is 4.91. The van der Waals surface area contributed by atoms with Crippen molar-refractivity contribution in [3.63, 3.8) is 0 Å². The third kappa shape index (κ3) is 7.65. The molecule has 0 radical (unpaired) electrons. The van der Waals surface area contributed by atoms with Gasteiger partial charge in [0.1, 0.15) is 11.4 Å². The second-order valence-corrected chi connectivity index (χ2v) is 7.60. The van der Waals surface area contributed by atoms with Gasteiger partial charge in [0.2, 0.25) is 0 Å². The second kappa shape index (κ2) is 12.4. The van der Waals surface area contributed by atoms with Crippen molar-refractivity contribution < 1.29 is 19.8 Å². The Morgan fingerprint density at radius 3 is 2.06 bits per heavy atom. The van der Waals surface area contributed by atoms with Crippen molar-refractivity contribution in [2.45, 2.75) is 25.6 Å². The summed E-state index contributed by atoms with van der Waals surface area (Å²) in [6, 6.07) is 17.4. The lowest BCUT2D eigenvalue weighted by Crippen LogP contribution is -2.40. The van der Waals surface area contributed by atoms with E-state index >= 15 is 0 Å². The lowest BCUT2D eigenvalue weighted by molar-refractivity contribution is 0.0679. The standard InChI is InChI=1S/C24H23N5O4S/c30-23(31)21-5-1-3-18(28-21)12-25-13-20(11-16-7-9-17(10-8-16)27-15-34)26-14-19-4-2-6-22(29-19)24(32)33/h1-10,20,25-26H,11-14H2,(H,30,31)(H,32,33). The Balaban J connectivity index is 1.67. The van der Waals surface area contributed by atoms with Crippen molar-refractivity contribution in [1.82, 2.24) is 20.6 Å². The SMILES string of the molecule is O=C(O)c1cccc(CNCC(Cc2ccc(N=C=S)cc2)NCc2cccc(C(=O)O)n2)n1. The maximum absolute atomic E-state index is 11.2. The van der Waals surface area contributed by atoms with Crippen LogP contribution in [-0.2, 0) is 19.5 Å². The first-order valence-electron chi connectivity index (χ1n) is 10.4. The Kier molecular flexibility index (Phi) is 9.07. The molecule has 0 amide bonds. The molecule has 0 aliphatic rings. The molecule has 174 valence electrons. The highest BCUT2D eigenvalue weighted by Gasteiger charge is 2.12. The summed E-state index contributed by atoms with van der Waals surface area (Å²) in [6.45, 7) is 1.33. The predicted molar refractivity (Wildman–Crippen MR) is 130 cm³/mol. The maximum atomic E-state index is 11.2. The highest BCUT2D eigenvalue weighted by molar-refractivity contribution is 7.78. The van der Waals surface area contributed by atoms with E-state index in [-0.39, 0.29) is 17.4 Å². The van der Waals surface area contributed by atoms with Crippen LogP contribution in [-0.4, -0.2) is 49.9 Å². The lowest BCUT2D eigenvalue weighted by atomic mass is 10.0. The first kappa shape index (κ1) is 24.8. The number of hydrogen-bond donors (Lipinski definition) is 4. The van der Waals surface area contributed by atoms with Crippen LogP contribution in [0.3, 0.4) is 0 Å². The summed E-state index contributed by atoms with van der Waals surface area (Å²) in [5.41, 5.74) is 3.02. The lowest BCUT2D eigenvalue weighted by Gasteiger charge is -2.20. The van der Waals surface area contributed by atoms with E-state index < -0.39 is 11.9 Å². The average molecular weight is 478 g/mol. The minimum atomic E-state index is -1.07. The minimum absolute atomic E-state index is 0.00238. The molecule has 4 N–H and O–H groups in total. The van der Waals surface area contributed by atoms with E-state index in [2.05, 4.69) is 43.0 Å². The fraction of sp³-hybridized carbons (Fsp3) is 0.208. The number of nitrogens with zero attached hydrogens (tertiary/aromatic N) is 3. The Labute approximate surface area is 201 Å². The minimum Gasteiger partial charge on any atom is -0.477 e.